The molecule has 1 amide bonds. The van der Waals surface area contributed by atoms with Gasteiger partial charge in [0.05, 0.1) is 5.92 Å². The second-order valence-electron chi connectivity index (χ2n) is 6.56. The van der Waals surface area contributed by atoms with Crippen LogP contribution in [0.5, 0.6) is 0 Å². The van der Waals surface area contributed by atoms with Crippen molar-refractivity contribution in [2.24, 2.45) is 0 Å². The average molecular weight is 368 g/mol. The molecule has 3 aromatic rings. The molecule has 132 valence electrons. The summed E-state index contributed by atoms with van der Waals surface area (Å²) in [4.78, 5) is 18.8. The first-order valence-electron chi connectivity index (χ1n) is 8.49. The molecule has 1 aliphatic heterocycles. The van der Waals surface area contributed by atoms with Gasteiger partial charge in [-0.25, -0.2) is 0 Å². The highest BCUT2D eigenvalue weighted by Gasteiger charge is 2.36. The van der Waals surface area contributed by atoms with Gasteiger partial charge in [-0.05, 0) is 37.1 Å². The van der Waals surface area contributed by atoms with Gasteiger partial charge in [-0.3, -0.25) is 4.79 Å². The largest absolute Gasteiger partial charge is 0.339 e. The molecule has 0 bridgehead atoms. The number of halogens is 1. The first-order valence-corrected chi connectivity index (χ1v) is 8.87. The highest BCUT2D eigenvalue weighted by Crippen LogP contribution is 2.35. The first-order chi connectivity index (χ1) is 12.5. The molecule has 0 saturated carbocycles. The zero-order valence-corrected chi connectivity index (χ0v) is 15.3. The van der Waals surface area contributed by atoms with E-state index in [9.17, 15) is 4.79 Å². The molecule has 26 heavy (non-hydrogen) atoms. The van der Waals surface area contributed by atoms with Crippen LogP contribution < -0.4 is 4.90 Å². The van der Waals surface area contributed by atoms with Crippen LogP contribution in [0, 0.1) is 13.8 Å². The molecule has 0 aliphatic carbocycles. The van der Waals surface area contributed by atoms with Crippen molar-refractivity contribution in [1.82, 2.24) is 10.1 Å². The Morgan fingerprint density at radius 2 is 1.96 bits per heavy atom. The zero-order valence-electron chi connectivity index (χ0n) is 14.6. The maximum Gasteiger partial charge on any atom is 0.232 e. The fraction of sp³-hybridized carbons (Fsp3) is 0.250. The van der Waals surface area contributed by atoms with E-state index in [1.165, 1.54) is 0 Å². The number of nitrogens with zero attached hydrogens (tertiary/aromatic N) is 3. The van der Waals surface area contributed by atoms with Gasteiger partial charge in [0.15, 0.2) is 0 Å². The molecule has 1 aliphatic rings. The molecule has 1 saturated heterocycles. The molecule has 1 unspecified atom stereocenters. The second kappa shape index (κ2) is 6.57. The van der Waals surface area contributed by atoms with Crippen molar-refractivity contribution < 1.29 is 9.32 Å². The lowest BCUT2D eigenvalue weighted by atomic mass is 10.1. The van der Waals surface area contributed by atoms with Gasteiger partial charge in [0, 0.05) is 29.2 Å². The fourth-order valence-corrected chi connectivity index (χ4v) is 3.50. The van der Waals surface area contributed by atoms with Gasteiger partial charge in [-0.1, -0.05) is 47.1 Å². The molecule has 5 nitrogen and oxygen atoms in total. The number of amides is 1. The van der Waals surface area contributed by atoms with Crippen molar-refractivity contribution in [3.05, 3.63) is 64.5 Å². The Hall–Kier alpha value is -2.66. The second-order valence-corrected chi connectivity index (χ2v) is 6.97. The van der Waals surface area contributed by atoms with Gasteiger partial charge in [0.25, 0.3) is 0 Å². The number of rotatable bonds is 3. The normalized spacial score (nSPS) is 17.1. The van der Waals surface area contributed by atoms with Gasteiger partial charge >= 0.3 is 0 Å². The highest BCUT2D eigenvalue weighted by atomic mass is 35.5. The molecular weight excluding hydrogens is 350 g/mol. The smallest absolute Gasteiger partial charge is 0.232 e. The molecular formula is C20H18ClN3O2. The molecule has 2 heterocycles. The van der Waals surface area contributed by atoms with Crippen molar-refractivity contribution in [1.29, 1.82) is 0 Å². The van der Waals surface area contributed by atoms with Crippen LogP contribution >= 0.6 is 11.6 Å². The van der Waals surface area contributed by atoms with Crippen LogP contribution in [0.4, 0.5) is 5.69 Å². The topological polar surface area (TPSA) is 59.2 Å². The summed E-state index contributed by atoms with van der Waals surface area (Å²) in [5.74, 6) is 0.976. The van der Waals surface area contributed by atoms with Gasteiger partial charge in [0.2, 0.25) is 17.6 Å². The van der Waals surface area contributed by atoms with Crippen molar-refractivity contribution in [2.45, 2.75) is 26.2 Å². The summed E-state index contributed by atoms with van der Waals surface area (Å²) in [5, 5.41) is 4.76. The summed E-state index contributed by atoms with van der Waals surface area (Å²) in [5.41, 5.74) is 3.76. The van der Waals surface area contributed by atoms with E-state index in [4.69, 9.17) is 16.1 Å². The van der Waals surface area contributed by atoms with Crippen molar-refractivity contribution >= 4 is 23.2 Å². The highest BCUT2D eigenvalue weighted by molar-refractivity contribution is 6.31. The SMILES string of the molecule is Cc1ccccc1-c1noc(C2CC(=O)N(c3cccc(Cl)c3C)C2)n1. The summed E-state index contributed by atoms with van der Waals surface area (Å²) < 4.78 is 5.48. The van der Waals surface area contributed by atoms with E-state index in [0.29, 0.717) is 29.7 Å². The van der Waals surface area contributed by atoms with Gasteiger partial charge in [-0.15, -0.1) is 0 Å². The third kappa shape index (κ3) is 2.88. The predicted octanol–water partition coefficient (Wildman–Crippen LogP) is 4.53. The van der Waals surface area contributed by atoms with Crippen LogP contribution in [-0.4, -0.2) is 22.6 Å². The number of anilines is 1. The minimum atomic E-state index is -0.119. The molecule has 1 fully saturated rings. The van der Waals surface area contributed by atoms with E-state index in [-0.39, 0.29) is 11.8 Å². The van der Waals surface area contributed by atoms with Crippen LogP contribution in [0.2, 0.25) is 5.02 Å². The van der Waals surface area contributed by atoms with Crippen LogP contribution in [-0.2, 0) is 4.79 Å². The minimum absolute atomic E-state index is 0.0380. The third-order valence-corrected chi connectivity index (χ3v) is 5.24. The Balaban J connectivity index is 1.60. The Labute approximate surface area is 156 Å². The van der Waals surface area contributed by atoms with Crippen molar-refractivity contribution in [3.63, 3.8) is 0 Å². The quantitative estimate of drug-likeness (QED) is 0.682. The van der Waals surface area contributed by atoms with Crippen LogP contribution in [0.3, 0.4) is 0 Å². The molecule has 1 aromatic heterocycles. The summed E-state index contributed by atoms with van der Waals surface area (Å²) in [6.07, 6.45) is 0.349. The molecule has 0 spiro atoms. The van der Waals surface area contributed by atoms with E-state index in [0.717, 1.165) is 22.4 Å². The monoisotopic (exact) mass is 367 g/mol. The summed E-state index contributed by atoms with van der Waals surface area (Å²) in [6, 6.07) is 13.5. The molecule has 2 aromatic carbocycles. The number of benzene rings is 2. The van der Waals surface area contributed by atoms with Gasteiger partial charge in [0.1, 0.15) is 0 Å². The number of carbonyl (C=O) groups is 1. The first kappa shape index (κ1) is 16.8. The zero-order chi connectivity index (χ0) is 18.3. The number of hydrogen-bond acceptors (Lipinski definition) is 4. The van der Waals surface area contributed by atoms with Crippen LogP contribution in [0.1, 0.15) is 29.4 Å². The average Bonchev–Trinajstić information content (AvgIpc) is 3.25. The lowest BCUT2D eigenvalue weighted by Crippen LogP contribution is -2.25. The standard InChI is InChI=1S/C20H18ClN3O2/c1-12-6-3-4-7-15(12)19-22-20(26-23-19)14-10-18(25)24(11-14)17-9-5-8-16(21)13(17)2/h3-9,14H,10-11H2,1-2H3. The molecule has 0 radical (unpaired) electrons. The molecule has 6 heteroatoms. The van der Waals surface area contributed by atoms with Gasteiger partial charge in [-0.2, -0.15) is 4.98 Å². The van der Waals surface area contributed by atoms with E-state index < -0.39 is 0 Å². The third-order valence-electron chi connectivity index (χ3n) is 4.83. The molecule has 1 atom stereocenters. The minimum Gasteiger partial charge on any atom is -0.339 e. The Kier molecular flexibility index (Phi) is 4.24. The predicted molar refractivity (Wildman–Crippen MR) is 100 cm³/mol. The number of aryl methyl sites for hydroxylation is 1. The maximum absolute atomic E-state index is 12.5. The van der Waals surface area contributed by atoms with E-state index >= 15 is 0 Å². The number of hydrogen-bond donors (Lipinski definition) is 0. The van der Waals surface area contributed by atoms with E-state index in [1.54, 1.807) is 4.90 Å². The van der Waals surface area contributed by atoms with Crippen LogP contribution in [0.25, 0.3) is 11.4 Å². The number of carbonyl (C=O) groups excluding carboxylic acids is 1. The Morgan fingerprint density at radius 3 is 2.77 bits per heavy atom. The Bertz CT molecular complexity index is 983. The summed E-state index contributed by atoms with van der Waals surface area (Å²) >= 11 is 6.20. The van der Waals surface area contributed by atoms with Gasteiger partial charge < -0.3 is 9.42 Å². The van der Waals surface area contributed by atoms with E-state index in [1.807, 2.05) is 56.3 Å². The lowest BCUT2D eigenvalue weighted by Gasteiger charge is -2.19. The molecule has 4 rings (SSSR count). The van der Waals surface area contributed by atoms with Crippen molar-refractivity contribution in [3.8, 4) is 11.4 Å². The summed E-state index contributed by atoms with van der Waals surface area (Å²) in [6.45, 7) is 4.44. The molecule has 0 N–H and O–H groups in total. The van der Waals surface area contributed by atoms with E-state index in [2.05, 4.69) is 10.1 Å². The lowest BCUT2D eigenvalue weighted by molar-refractivity contribution is -0.117. The summed E-state index contributed by atoms with van der Waals surface area (Å²) in [7, 11) is 0. The number of aromatic nitrogens is 2. The van der Waals surface area contributed by atoms with Crippen LogP contribution in [0.15, 0.2) is 47.0 Å². The fourth-order valence-electron chi connectivity index (χ4n) is 3.33. The Morgan fingerprint density at radius 1 is 1.15 bits per heavy atom. The van der Waals surface area contributed by atoms with Crippen molar-refractivity contribution in [2.75, 3.05) is 11.4 Å². The maximum atomic E-state index is 12.5.